The zero-order valence-corrected chi connectivity index (χ0v) is 16.9. The largest absolute Gasteiger partial charge is 0.352 e. The van der Waals surface area contributed by atoms with E-state index < -0.39 is 0 Å². The predicted molar refractivity (Wildman–Crippen MR) is 121 cm³/mol. The van der Waals surface area contributed by atoms with Crippen molar-refractivity contribution in [1.29, 1.82) is 0 Å². The molecule has 3 heteroatoms. The summed E-state index contributed by atoms with van der Waals surface area (Å²) in [6.45, 7) is 0.529. The highest BCUT2D eigenvalue weighted by Crippen LogP contribution is 2.28. The van der Waals surface area contributed by atoms with Gasteiger partial charge in [0.25, 0.3) is 0 Å². The molecule has 144 valence electrons. The average Bonchev–Trinajstić information content (AvgIpc) is 3.32. The van der Waals surface area contributed by atoms with Gasteiger partial charge in [-0.05, 0) is 44.6 Å². The van der Waals surface area contributed by atoms with E-state index in [0.717, 1.165) is 16.7 Å². The average molecular weight is 398 g/mol. The molecule has 0 aliphatic rings. The molecule has 29 heavy (non-hydrogen) atoms. The maximum absolute atomic E-state index is 12.9. The van der Waals surface area contributed by atoms with Crippen LogP contribution in [0.15, 0.2) is 102 Å². The van der Waals surface area contributed by atoms with E-state index in [2.05, 4.69) is 58.5 Å². The summed E-state index contributed by atoms with van der Waals surface area (Å²) < 4.78 is 0. The molecule has 0 radical (unpaired) electrons. The first-order valence-corrected chi connectivity index (χ1v) is 10.7. The normalized spacial score (nSPS) is 10.8. The Balaban J connectivity index is 1.49. The first kappa shape index (κ1) is 19.2. The van der Waals surface area contributed by atoms with Crippen molar-refractivity contribution in [2.24, 2.45) is 0 Å². The fraction of sp³-hybridized carbons (Fsp3) is 0.115. The maximum atomic E-state index is 12.9. The van der Waals surface area contributed by atoms with Gasteiger partial charge in [0.2, 0.25) is 5.91 Å². The number of benzene rings is 3. The summed E-state index contributed by atoms with van der Waals surface area (Å²) in [4.78, 5) is 12.9. The van der Waals surface area contributed by atoms with Crippen LogP contribution in [0.4, 0.5) is 0 Å². The lowest BCUT2D eigenvalue weighted by Gasteiger charge is -2.18. The molecule has 3 aromatic carbocycles. The number of thiophene rings is 1. The third-order valence-electron chi connectivity index (χ3n) is 5.12. The second-order valence-electron chi connectivity index (χ2n) is 7.02. The Hall–Kier alpha value is -3.17. The fourth-order valence-corrected chi connectivity index (χ4v) is 4.28. The third kappa shape index (κ3) is 4.82. The summed E-state index contributed by atoms with van der Waals surface area (Å²) in [5, 5.41) is 7.35. The molecule has 0 aliphatic carbocycles. The van der Waals surface area contributed by atoms with Crippen LogP contribution in [0.25, 0.3) is 11.1 Å². The number of carbonyl (C=O) groups is 1. The van der Waals surface area contributed by atoms with Gasteiger partial charge in [0.15, 0.2) is 0 Å². The second kappa shape index (κ2) is 9.35. The zero-order chi connectivity index (χ0) is 19.9. The molecule has 0 atom stereocenters. The molecule has 0 spiro atoms. The minimum Gasteiger partial charge on any atom is -0.352 e. The lowest BCUT2D eigenvalue weighted by atomic mass is 9.88. The number of rotatable bonds is 7. The molecule has 0 saturated carbocycles. The Labute approximate surface area is 175 Å². The van der Waals surface area contributed by atoms with Crippen LogP contribution in [0.3, 0.4) is 0 Å². The maximum Gasteiger partial charge on any atom is 0.221 e. The van der Waals surface area contributed by atoms with Crippen LogP contribution >= 0.6 is 11.3 Å². The van der Waals surface area contributed by atoms with E-state index in [-0.39, 0.29) is 11.8 Å². The molecule has 4 aromatic rings. The summed E-state index contributed by atoms with van der Waals surface area (Å²) in [7, 11) is 0. The summed E-state index contributed by atoms with van der Waals surface area (Å²) in [5.41, 5.74) is 5.83. The van der Waals surface area contributed by atoms with Crippen molar-refractivity contribution >= 4 is 17.2 Å². The van der Waals surface area contributed by atoms with Crippen LogP contribution in [0.1, 0.15) is 29.0 Å². The number of nitrogens with one attached hydrogen (secondary N) is 1. The van der Waals surface area contributed by atoms with Gasteiger partial charge in [-0.25, -0.2) is 0 Å². The van der Waals surface area contributed by atoms with Crippen molar-refractivity contribution in [1.82, 2.24) is 5.32 Å². The van der Waals surface area contributed by atoms with Crippen LogP contribution in [-0.2, 0) is 11.3 Å². The lowest BCUT2D eigenvalue weighted by Crippen LogP contribution is -2.25. The fourth-order valence-electron chi connectivity index (χ4n) is 3.62. The van der Waals surface area contributed by atoms with Crippen LogP contribution in [0, 0.1) is 0 Å². The first-order valence-electron chi connectivity index (χ1n) is 9.78. The number of amides is 1. The van der Waals surface area contributed by atoms with E-state index in [1.165, 1.54) is 11.1 Å². The summed E-state index contributed by atoms with van der Waals surface area (Å²) in [6, 6.07) is 30.9. The third-order valence-corrected chi connectivity index (χ3v) is 5.80. The van der Waals surface area contributed by atoms with Gasteiger partial charge in [-0.3, -0.25) is 4.79 Å². The van der Waals surface area contributed by atoms with Gasteiger partial charge in [0.1, 0.15) is 0 Å². The van der Waals surface area contributed by atoms with Crippen LogP contribution < -0.4 is 5.32 Å². The van der Waals surface area contributed by atoms with E-state index in [9.17, 15) is 4.79 Å². The van der Waals surface area contributed by atoms with Crippen molar-refractivity contribution in [2.75, 3.05) is 0 Å². The Bertz CT molecular complexity index is 1000. The molecule has 1 aromatic heterocycles. The van der Waals surface area contributed by atoms with Gasteiger partial charge >= 0.3 is 0 Å². The van der Waals surface area contributed by atoms with Gasteiger partial charge in [0, 0.05) is 18.9 Å². The van der Waals surface area contributed by atoms with E-state index in [0.29, 0.717) is 13.0 Å². The summed E-state index contributed by atoms with van der Waals surface area (Å²) in [5.74, 6) is 0.104. The van der Waals surface area contributed by atoms with Crippen molar-refractivity contribution in [3.63, 3.8) is 0 Å². The quantitative estimate of drug-likeness (QED) is 0.392. The standard InChI is InChI=1S/C26H23NOS/c28-26(27-18-22-13-7-8-14-24(22)23-15-16-29-19-23)17-25(20-9-3-1-4-10-20)21-11-5-2-6-12-21/h1-16,19,25H,17-18H2,(H,27,28). The SMILES string of the molecule is O=C(CC(c1ccccc1)c1ccccc1)NCc1ccccc1-c1ccsc1. The van der Waals surface area contributed by atoms with Crippen LogP contribution in [-0.4, -0.2) is 5.91 Å². The van der Waals surface area contributed by atoms with Gasteiger partial charge in [-0.1, -0.05) is 84.9 Å². The number of hydrogen-bond acceptors (Lipinski definition) is 2. The van der Waals surface area contributed by atoms with E-state index in [4.69, 9.17) is 0 Å². The van der Waals surface area contributed by atoms with Gasteiger partial charge in [-0.2, -0.15) is 11.3 Å². The number of carbonyl (C=O) groups excluding carboxylic acids is 1. The minimum absolute atomic E-state index is 0.0458. The molecule has 1 heterocycles. The smallest absolute Gasteiger partial charge is 0.221 e. The predicted octanol–water partition coefficient (Wildman–Crippen LogP) is 6.25. The highest BCUT2D eigenvalue weighted by Gasteiger charge is 2.18. The van der Waals surface area contributed by atoms with Crippen molar-refractivity contribution in [2.45, 2.75) is 18.9 Å². The molecule has 0 bridgehead atoms. The second-order valence-corrected chi connectivity index (χ2v) is 7.80. The monoisotopic (exact) mass is 397 g/mol. The molecule has 0 fully saturated rings. The van der Waals surface area contributed by atoms with Crippen LogP contribution in [0.5, 0.6) is 0 Å². The molecule has 0 unspecified atom stereocenters. The lowest BCUT2D eigenvalue weighted by molar-refractivity contribution is -0.121. The highest BCUT2D eigenvalue weighted by atomic mass is 32.1. The Morgan fingerprint density at radius 1 is 0.793 bits per heavy atom. The summed E-state index contributed by atoms with van der Waals surface area (Å²) in [6.07, 6.45) is 0.425. The van der Waals surface area contributed by atoms with E-state index in [1.54, 1.807) is 11.3 Å². The van der Waals surface area contributed by atoms with Crippen molar-refractivity contribution < 1.29 is 4.79 Å². The van der Waals surface area contributed by atoms with Gasteiger partial charge in [-0.15, -0.1) is 0 Å². The number of hydrogen-bond donors (Lipinski definition) is 1. The molecule has 1 amide bonds. The Morgan fingerprint density at radius 2 is 1.41 bits per heavy atom. The topological polar surface area (TPSA) is 29.1 Å². The van der Waals surface area contributed by atoms with Gasteiger partial charge < -0.3 is 5.32 Å². The molecule has 2 nitrogen and oxygen atoms in total. The van der Waals surface area contributed by atoms with Gasteiger partial charge in [0.05, 0.1) is 0 Å². The Morgan fingerprint density at radius 3 is 2.03 bits per heavy atom. The molecular weight excluding hydrogens is 374 g/mol. The van der Waals surface area contributed by atoms with Crippen molar-refractivity contribution in [3.8, 4) is 11.1 Å². The molecule has 4 rings (SSSR count). The minimum atomic E-state index is 0.0458. The van der Waals surface area contributed by atoms with E-state index >= 15 is 0 Å². The van der Waals surface area contributed by atoms with E-state index in [1.807, 2.05) is 48.5 Å². The molecule has 1 N–H and O–H groups in total. The zero-order valence-electron chi connectivity index (χ0n) is 16.1. The van der Waals surface area contributed by atoms with Crippen LogP contribution in [0.2, 0.25) is 0 Å². The molecule has 0 aliphatic heterocycles. The highest BCUT2D eigenvalue weighted by molar-refractivity contribution is 7.08. The summed E-state index contributed by atoms with van der Waals surface area (Å²) >= 11 is 1.68. The van der Waals surface area contributed by atoms with Crippen molar-refractivity contribution in [3.05, 3.63) is 118 Å². The Kier molecular flexibility index (Phi) is 6.18. The molecule has 0 saturated heterocycles. The first-order chi connectivity index (χ1) is 14.3. The molecular formula is C26H23NOS.